The maximum absolute atomic E-state index is 11.9. The van der Waals surface area contributed by atoms with E-state index in [0.717, 1.165) is 19.4 Å². The normalized spacial score (nSPS) is 10.5. The lowest BCUT2D eigenvalue weighted by atomic mass is 10.2. The minimum absolute atomic E-state index is 0.0466. The van der Waals surface area contributed by atoms with Crippen molar-refractivity contribution in [3.63, 3.8) is 0 Å². The molecule has 0 fully saturated rings. The summed E-state index contributed by atoms with van der Waals surface area (Å²) in [7, 11) is 0. The summed E-state index contributed by atoms with van der Waals surface area (Å²) < 4.78 is 5.40. The monoisotopic (exact) mass is 326 g/mol. The Hall–Kier alpha value is -2.83. The lowest BCUT2D eigenvalue weighted by Crippen LogP contribution is -2.26. The molecular formula is C18H22N4O2. The molecule has 0 saturated heterocycles. The van der Waals surface area contributed by atoms with Crippen molar-refractivity contribution in [2.24, 2.45) is 0 Å². The number of carbonyl (C=O) groups excluding carboxylic acids is 1. The predicted molar refractivity (Wildman–Crippen MR) is 91.8 cm³/mol. The van der Waals surface area contributed by atoms with E-state index in [9.17, 15) is 4.79 Å². The Labute approximate surface area is 142 Å². The van der Waals surface area contributed by atoms with Crippen LogP contribution in [-0.2, 0) is 9.53 Å². The van der Waals surface area contributed by atoms with Gasteiger partial charge in [-0.1, -0.05) is 25.5 Å². The number of ether oxygens (including phenoxy) is 1. The lowest BCUT2D eigenvalue weighted by molar-refractivity contribution is -0.117. The molecule has 0 heterocycles. The molecule has 0 aliphatic rings. The van der Waals surface area contributed by atoms with Crippen molar-refractivity contribution in [1.29, 1.82) is 10.5 Å². The average Bonchev–Trinajstić information content (AvgIpc) is 2.61. The summed E-state index contributed by atoms with van der Waals surface area (Å²) in [5.41, 5.74) is 0.940. The van der Waals surface area contributed by atoms with Crippen LogP contribution >= 0.6 is 0 Å². The Morgan fingerprint density at radius 3 is 2.71 bits per heavy atom. The molecule has 126 valence electrons. The predicted octanol–water partition coefficient (Wildman–Crippen LogP) is 2.70. The van der Waals surface area contributed by atoms with E-state index in [1.165, 1.54) is 6.20 Å². The summed E-state index contributed by atoms with van der Waals surface area (Å²) >= 11 is 0. The molecule has 1 aromatic carbocycles. The molecule has 6 heteroatoms. The Morgan fingerprint density at radius 2 is 2.00 bits per heavy atom. The largest absolute Gasteiger partial charge is 0.381 e. The SMILES string of the molecule is CCCCOCCCNC(=O)/C(C#N)=C\Nc1ccccc1C#N. The molecule has 0 aliphatic carbocycles. The minimum atomic E-state index is -0.451. The molecule has 0 saturated carbocycles. The molecule has 0 aromatic heterocycles. The first kappa shape index (κ1) is 19.2. The van der Waals surface area contributed by atoms with E-state index < -0.39 is 5.91 Å². The van der Waals surface area contributed by atoms with E-state index in [2.05, 4.69) is 17.6 Å². The molecule has 0 atom stereocenters. The Bertz CT molecular complexity index is 641. The number of carbonyl (C=O) groups is 1. The van der Waals surface area contributed by atoms with Crippen molar-refractivity contribution in [1.82, 2.24) is 5.32 Å². The van der Waals surface area contributed by atoms with Crippen LogP contribution < -0.4 is 10.6 Å². The Morgan fingerprint density at radius 1 is 1.25 bits per heavy atom. The third-order valence-corrected chi connectivity index (χ3v) is 3.18. The molecule has 6 nitrogen and oxygen atoms in total. The fourth-order valence-corrected chi connectivity index (χ4v) is 1.82. The number of nitrogens with one attached hydrogen (secondary N) is 2. The highest BCUT2D eigenvalue weighted by atomic mass is 16.5. The zero-order valence-corrected chi connectivity index (χ0v) is 13.8. The van der Waals surface area contributed by atoms with Crippen molar-refractivity contribution < 1.29 is 9.53 Å². The Kier molecular flexibility index (Phi) is 9.37. The zero-order chi connectivity index (χ0) is 17.6. The average molecular weight is 326 g/mol. The number of para-hydroxylation sites is 1. The van der Waals surface area contributed by atoms with Crippen LogP contribution in [0.15, 0.2) is 36.0 Å². The van der Waals surface area contributed by atoms with Crippen LogP contribution in [0.25, 0.3) is 0 Å². The van der Waals surface area contributed by atoms with Crippen LogP contribution in [0.2, 0.25) is 0 Å². The third kappa shape index (κ3) is 6.95. The number of anilines is 1. The van der Waals surface area contributed by atoms with Crippen molar-refractivity contribution in [2.75, 3.05) is 25.1 Å². The number of hydrogen-bond donors (Lipinski definition) is 2. The van der Waals surface area contributed by atoms with E-state index >= 15 is 0 Å². The van der Waals surface area contributed by atoms with Crippen molar-refractivity contribution in [2.45, 2.75) is 26.2 Å². The van der Waals surface area contributed by atoms with Gasteiger partial charge in [0.2, 0.25) is 0 Å². The molecule has 0 bridgehead atoms. The van der Waals surface area contributed by atoms with Gasteiger partial charge in [0.25, 0.3) is 5.91 Å². The summed E-state index contributed by atoms with van der Waals surface area (Å²) in [4.78, 5) is 11.9. The number of nitriles is 2. The molecule has 0 spiro atoms. The molecule has 1 rings (SSSR count). The lowest BCUT2D eigenvalue weighted by Gasteiger charge is -2.06. The second kappa shape index (κ2) is 11.7. The second-order valence-corrected chi connectivity index (χ2v) is 5.05. The molecule has 0 aliphatic heterocycles. The third-order valence-electron chi connectivity index (χ3n) is 3.18. The van der Waals surface area contributed by atoms with Crippen LogP contribution in [0.3, 0.4) is 0 Å². The van der Waals surface area contributed by atoms with Crippen molar-refractivity contribution in [3.05, 3.63) is 41.6 Å². The van der Waals surface area contributed by atoms with E-state index in [1.807, 2.05) is 12.1 Å². The van der Waals surface area contributed by atoms with Gasteiger partial charge in [-0.2, -0.15) is 10.5 Å². The maximum Gasteiger partial charge on any atom is 0.263 e. The molecule has 24 heavy (non-hydrogen) atoms. The fourth-order valence-electron chi connectivity index (χ4n) is 1.82. The summed E-state index contributed by atoms with van der Waals surface area (Å²) in [6, 6.07) is 10.8. The topological polar surface area (TPSA) is 97.9 Å². The summed E-state index contributed by atoms with van der Waals surface area (Å²) in [5, 5.41) is 23.6. The summed E-state index contributed by atoms with van der Waals surface area (Å²) in [5.74, 6) is -0.451. The van der Waals surface area contributed by atoms with E-state index in [1.54, 1.807) is 24.3 Å². The number of benzene rings is 1. The van der Waals surface area contributed by atoms with Gasteiger partial charge in [-0.3, -0.25) is 4.79 Å². The smallest absolute Gasteiger partial charge is 0.263 e. The molecular weight excluding hydrogens is 304 g/mol. The first-order valence-electron chi connectivity index (χ1n) is 7.94. The number of nitrogens with zero attached hydrogens (tertiary/aromatic N) is 2. The summed E-state index contributed by atoms with van der Waals surface area (Å²) in [6.45, 7) is 3.86. The minimum Gasteiger partial charge on any atom is -0.381 e. The van der Waals surface area contributed by atoms with Crippen molar-refractivity contribution in [3.8, 4) is 12.1 Å². The number of hydrogen-bond acceptors (Lipinski definition) is 5. The van der Waals surface area contributed by atoms with Crippen LogP contribution in [0, 0.1) is 22.7 Å². The van der Waals surface area contributed by atoms with E-state index in [-0.39, 0.29) is 5.57 Å². The maximum atomic E-state index is 11.9. The number of amides is 1. The summed E-state index contributed by atoms with van der Waals surface area (Å²) in [6.07, 6.45) is 4.13. The van der Waals surface area contributed by atoms with Gasteiger partial charge >= 0.3 is 0 Å². The zero-order valence-electron chi connectivity index (χ0n) is 13.8. The highest BCUT2D eigenvalue weighted by Crippen LogP contribution is 2.13. The molecule has 1 amide bonds. The molecule has 0 unspecified atom stereocenters. The van der Waals surface area contributed by atoms with E-state index in [4.69, 9.17) is 15.3 Å². The standard InChI is InChI=1S/C18H22N4O2/c1-2-3-10-24-11-6-9-21-18(23)16(13-20)14-22-17-8-5-4-7-15(17)12-19/h4-5,7-8,14,22H,2-3,6,9-11H2,1H3,(H,21,23)/b16-14-. The molecule has 2 N–H and O–H groups in total. The van der Waals surface area contributed by atoms with Crippen molar-refractivity contribution >= 4 is 11.6 Å². The highest BCUT2D eigenvalue weighted by molar-refractivity contribution is 5.97. The van der Waals surface area contributed by atoms with Crippen LogP contribution in [0.1, 0.15) is 31.7 Å². The number of unbranched alkanes of at least 4 members (excludes halogenated alkanes) is 1. The highest BCUT2D eigenvalue weighted by Gasteiger charge is 2.08. The quantitative estimate of drug-likeness (QED) is 0.391. The second-order valence-electron chi connectivity index (χ2n) is 5.05. The first-order valence-corrected chi connectivity index (χ1v) is 7.94. The van der Waals surface area contributed by atoms with E-state index in [0.29, 0.717) is 30.8 Å². The van der Waals surface area contributed by atoms with Gasteiger partial charge in [-0.15, -0.1) is 0 Å². The van der Waals surface area contributed by atoms with Gasteiger partial charge in [0, 0.05) is 26.0 Å². The van der Waals surface area contributed by atoms with Crippen LogP contribution in [0.4, 0.5) is 5.69 Å². The van der Waals surface area contributed by atoms with Gasteiger partial charge in [0.05, 0.1) is 11.3 Å². The van der Waals surface area contributed by atoms with Crippen LogP contribution in [0.5, 0.6) is 0 Å². The van der Waals surface area contributed by atoms with Crippen LogP contribution in [-0.4, -0.2) is 25.7 Å². The van der Waals surface area contributed by atoms with Gasteiger partial charge < -0.3 is 15.4 Å². The van der Waals surface area contributed by atoms with Gasteiger partial charge in [-0.05, 0) is 25.0 Å². The van der Waals surface area contributed by atoms with Gasteiger partial charge in [0.1, 0.15) is 17.7 Å². The molecule has 1 aromatic rings. The number of rotatable bonds is 10. The Balaban J connectivity index is 2.43. The van der Waals surface area contributed by atoms with Gasteiger partial charge in [0.15, 0.2) is 0 Å². The van der Waals surface area contributed by atoms with Gasteiger partial charge in [-0.25, -0.2) is 0 Å². The fraction of sp³-hybridized carbons (Fsp3) is 0.389. The molecule has 0 radical (unpaired) electrons. The first-order chi connectivity index (χ1) is 11.7.